The number of fused-ring (bicyclic) bond motifs is 1. The molecule has 0 radical (unpaired) electrons. The van der Waals surface area contributed by atoms with E-state index in [4.69, 9.17) is 4.74 Å². The largest absolute Gasteiger partial charge is 0.497 e. The number of benzene rings is 1. The molecule has 0 fully saturated rings. The molecule has 30 heavy (non-hydrogen) atoms. The Morgan fingerprint density at radius 2 is 2.10 bits per heavy atom. The van der Waals surface area contributed by atoms with Crippen LogP contribution in [-0.4, -0.2) is 31.4 Å². The number of methoxy groups -OCH3 is 1. The summed E-state index contributed by atoms with van der Waals surface area (Å²) in [6, 6.07) is 7.68. The summed E-state index contributed by atoms with van der Waals surface area (Å²) in [7, 11) is 1.61. The van der Waals surface area contributed by atoms with Crippen molar-refractivity contribution in [2.45, 2.75) is 33.4 Å². The Bertz CT molecular complexity index is 1270. The highest BCUT2D eigenvalue weighted by Gasteiger charge is 2.22. The van der Waals surface area contributed by atoms with Crippen LogP contribution in [0.3, 0.4) is 0 Å². The predicted octanol–water partition coefficient (Wildman–Crippen LogP) is 3.91. The molecule has 3 aromatic heterocycles. The van der Waals surface area contributed by atoms with Crippen LogP contribution >= 0.6 is 0 Å². The first-order valence-electron chi connectivity index (χ1n) is 9.49. The van der Waals surface area contributed by atoms with Gasteiger partial charge in [-0.25, -0.2) is 13.8 Å². The minimum atomic E-state index is -2.83. The van der Waals surface area contributed by atoms with Crippen molar-refractivity contribution >= 4 is 11.0 Å². The summed E-state index contributed by atoms with van der Waals surface area (Å²) in [5.74, 6) is 0.247. The maximum absolute atomic E-state index is 13.4. The van der Waals surface area contributed by atoms with Crippen molar-refractivity contribution in [3.63, 3.8) is 0 Å². The smallest absolute Gasteiger partial charge is 0.295 e. The van der Waals surface area contributed by atoms with Crippen LogP contribution in [0, 0.1) is 6.92 Å². The van der Waals surface area contributed by atoms with Crippen LogP contribution < -0.4 is 10.3 Å². The van der Waals surface area contributed by atoms with Gasteiger partial charge in [0.15, 0.2) is 5.82 Å². The van der Waals surface area contributed by atoms with E-state index in [-0.39, 0.29) is 17.6 Å². The van der Waals surface area contributed by atoms with E-state index in [0.29, 0.717) is 17.8 Å². The van der Waals surface area contributed by atoms with Crippen LogP contribution in [0.2, 0.25) is 0 Å². The Morgan fingerprint density at radius 3 is 2.80 bits per heavy atom. The van der Waals surface area contributed by atoms with Gasteiger partial charge in [0, 0.05) is 23.9 Å². The number of nitrogens with one attached hydrogen (secondary N) is 1. The normalized spacial score (nSPS) is 11.5. The van der Waals surface area contributed by atoms with Gasteiger partial charge in [0.2, 0.25) is 0 Å². The fraction of sp³-hybridized carbons (Fsp3) is 0.286. The van der Waals surface area contributed by atoms with Crippen LogP contribution in [0.1, 0.15) is 30.3 Å². The zero-order chi connectivity index (χ0) is 21.4. The molecule has 156 valence electrons. The second kappa shape index (κ2) is 7.74. The summed E-state index contributed by atoms with van der Waals surface area (Å²) in [6.07, 6.45) is 0.679. The second-order valence-corrected chi connectivity index (χ2v) is 6.95. The molecule has 0 saturated carbocycles. The predicted molar refractivity (Wildman–Crippen MR) is 109 cm³/mol. The maximum atomic E-state index is 13.4. The molecule has 0 spiro atoms. The average Bonchev–Trinajstić information content (AvgIpc) is 3.32. The molecular formula is C21H21F2N5O2. The molecule has 3 heterocycles. The van der Waals surface area contributed by atoms with E-state index in [1.54, 1.807) is 31.8 Å². The SMILES string of the molecule is CCn1c(C(F)F)nc2c(C)c(-c3cnn(Cc4cccc(OC)c4)c3)[nH]c2c1=O. The number of aryl methyl sites for hydroxylation is 1. The Hall–Kier alpha value is -3.49. The molecule has 0 unspecified atom stereocenters. The number of aromatic nitrogens is 5. The summed E-state index contributed by atoms with van der Waals surface area (Å²) in [6.45, 7) is 4.05. The van der Waals surface area contributed by atoms with Crippen molar-refractivity contribution in [1.82, 2.24) is 24.3 Å². The van der Waals surface area contributed by atoms with Crippen molar-refractivity contribution in [2.75, 3.05) is 7.11 Å². The number of hydrogen-bond donors (Lipinski definition) is 1. The topological polar surface area (TPSA) is 77.7 Å². The number of hydrogen-bond acceptors (Lipinski definition) is 4. The van der Waals surface area contributed by atoms with Gasteiger partial charge in [0.25, 0.3) is 12.0 Å². The van der Waals surface area contributed by atoms with E-state index in [9.17, 15) is 13.6 Å². The van der Waals surface area contributed by atoms with E-state index in [2.05, 4.69) is 15.1 Å². The van der Waals surface area contributed by atoms with E-state index in [1.165, 1.54) is 0 Å². The fourth-order valence-electron chi connectivity index (χ4n) is 3.59. The lowest BCUT2D eigenvalue weighted by atomic mass is 10.1. The first-order valence-corrected chi connectivity index (χ1v) is 9.49. The van der Waals surface area contributed by atoms with Gasteiger partial charge in [-0.1, -0.05) is 12.1 Å². The first kappa shape index (κ1) is 19.8. The standard InChI is InChI=1S/C21H21F2N5O2/c1-4-28-20(19(22)23)26-17-12(2)16(25-18(17)21(28)29)14-9-24-27(11-14)10-13-6-5-7-15(8-13)30-3/h5-9,11,19,25H,4,10H2,1-3H3. The molecule has 9 heteroatoms. The van der Waals surface area contributed by atoms with Crippen molar-refractivity contribution in [2.24, 2.45) is 0 Å². The molecular weight excluding hydrogens is 392 g/mol. The summed E-state index contributed by atoms with van der Waals surface area (Å²) < 4.78 is 34.8. The van der Waals surface area contributed by atoms with Gasteiger partial charge in [0.05, 0.1) is 31.1 Å². The molecule has 0 bridgehead atoms. The molecule has 0 aliphatic carbocycles. The molecule has 0 aliphatic rings. The number of aromatic amines is 1. The number of nitrogens with zero attached hydrogens (tertiary/aromatic N) is 4. The number of rotatable bonds is 6. The minimum Gasteiger partial charge on any atom is -0.497 e. The van der Waals surface area contributed by atoms with Gasteiger partial charge in [-0.15, -0.1) is 0 Å². The molecule has 4 aromatic rings. The molecule has 7 nitrogen and oxygen atoms in total. The summed E-state index contributed by atoms with van der Waals surface area (Å²) in [4.78, 5) is 19.9. The molecule has 0 aliphatic heterocycles. The quantitative estimate of drug-likeness (QED) is 0.520. The Balaban J connectivity index is 1.74. The van der Waals surface area contributed by atoms with Crippen LogP contribution in [0.25, 0.3) is 22.3 Å². The van der Waals surface area contributed by atoms with E-state index < -0.39 is 17.8 Å². The lowest BCUT2D eigenvalue weighted by Gasteiger charge is -2.09. The van der Waals surface area contributed by atoms with E-state index in [0.717, 1.165) is 21.4 Å². The molecule has 4 rings (SSSR count). The monoisotopic (exact) mass is 413 g/mol. The van der Waals surface area contributed by atoms with Crippen LogP contribution in [0.15, 0.2) is 41.5 Å². The number of H-pyrrole nitrogens is 1. The maximum Gasteiger partial charge on any atom is 0.295 e. The Morgan fingerprint density at radius 1 is 1.30 bits per heavy atom. The van der Waals surface area contributed by atoms with Crippen molar-refractivity contribution in [3.8, 4) is 17.0 Å². The van der Waals surface area contributed by atoms with Gasteiger partial charge >= 0.3 is 0 Å². The number of ether oxygens (including phenoxy) is 1. The van der Waals surface area contributed by atoms with Gasteiger partial charge in [-0.05, 0) is 31.5 Å². The Kier molecular flexibility index (Phi) is 5.11. The van der Waals surface area contributed by atoms with Crippen LogP contribution in [0.4, 0.5) is 8.78 Å². The highest BCUT2D eigenvalue weighted by molar-refractivity contribution is 5.86. The van der Waals surface area contributed by atoms with Crippen LogP contribution in [0.5, 0.6) is 5.75 Å². The molecule has 1 N–H and O–H groups in total. The number of halogens is 2. The summed E-state index contributed by atoms with van der Waals surface area (Å²) in [5, 5.41) is 4.39. The van der Waals surface area contributed by atoms with Gasteiger partial charge in [-0.2, -0.15) is 5.10 Å². The van der Waals surface area contributed by atoms with Crippen molar-refractivity contribution in [1.29, 1.82) is 0 Å². The Labute approximate surface area is 170 Å². The van der Waals surface area contributed by atoms with Gasteiger partial charge < -0.3 is 9.72 Å². The van der Waals surface area contributed by atoms with Crippen LogP contribution in [-0.2, 0) is 13.1 Å². The van der Waals surface area contributed by atoms with Gasteiger partial charge in [0.1, 0.15) is 11.3 Å². The minimum absolute atomic E-state index is 0.118. The molecule has 0 atom stereocenters. The third-order valence-corrected chi connectivity index (χ3v) is 5.09. The lowest BCUT2D eigenvalue weighted by molar-refractivity contribution is 0.134. The number of alkyl halides is 2. The first-order chi connectivity index (χ1) is 14.4. The zero-order valence-electron chi connectivity index (χ0n) is 16.8. The molecule has 0 saturated heterocycles. The van der Waals surface area contributed by atoms with E-state index >= 15 is 0 Å². The average molecular weight is 413 g/mol. The zero-order valence-corrected chi connectivity index (χ0v) is 16.8. The van der Waals surface area contributed by atoms with Gasteiger partial charge in [-0.3, -0.25) is 14.0 Å². The third-order valence-electron chi connectivity index (χ3n) is 5.09. The lowest BCUT2D eigenvalue weighted by Crippen LogP contribution is -2.25. The summed E-state index contributed by atoms with van der Waals surface area (Å²) >= 11 is 0. The summed E-state index contributed by atoms with van der Waals surface area (Å²) in [5.41, 5.74) is 3.01. The molecule has 1 aromatic carbocycles. The second-order valence-electron chi connectivity index (χ2n) is 6.95. The van der Waals surface area contributed by atoms with E-state index in [1.807, 2.05) is 30.5 Å². The molecule has 0 amide bonds. The highest BCUT2D eigenvalue weighted by Crippen LogP contribution is 2.28. The third kappa shape index (κ3) is 3.36. The fourth-order valence-corrected chi connectivity index (χ4v) is 3.59. The van der Waals surface area contributed by atoms with Crippen molar-refractivity contribution < 1.29 is 13.5 Å². The van der Waals surface area contributed by atoms with Crippen molar-refractivity contribution in [3.05, 3.63) is 64.0 Å². The highest BCUT2D eigenvalue weighted by atomic mass is 19.3.